The molecule has 2 fully saturated rings. The second-order valence-electron chi connectivity index (χ2n) is 7.29. The van der Waals surface area contributed by atoms with Crippen molar-refractivity contribution in [1.82, 2.24) is 0 Å². The molecule has 0 amide bonds. The predicted molar refractivity (Wildman–Crippen MR) is 86.2 cm³/mol. The van der Waals surface area contributed by atoms with E-state index in [2.05, 4.69) is 43.0 Å². The van der Waals surface area contributed by atoms with Gasteiger partial charge in [0.15, 0.2) is 12.1 Å². The van der Waals surface area contributed by atoms with Crippen LogP contribution in [0, 0.1) is 0 Å². The third kappa shape index (κ3) is 2.66. The molecule has 0 unspecified atom stereocenters. The zero-order chi connectivity index (χ0) is 16.2. The molecular formula is C18H25NO4. The Hall–Kier alpha value is -1.14. The smallest absolute Gasteiger partial charge is 0.190 e. The van der Waals surface area contributed by atoms with Crippen LogP contribution in [0.2, 0.25) is 0 Å². The monoisotopic (exact) mass is 319 g/mol. The molecule has 126 valence electrons. The first-order valence-corrected chi connectivity index (χ1v) is 8.42. The molecule has 1 aromatic rings. The summed E-state index contributed by atoms with van der Waals surface area (Å²) in [5.74, 6) is -0.609. The molecule has 3 heterocycles. The number of para-hydroxylation sites is 1. The molecule has 5 heteroatoms. The van der Waals surface area contributed by atoms with Gasteiger partial charge in [0.25, 0.3) is 0 Å². The van der Waals surface area contributed by atoms with Gasteiger partial charge >= 0.3 is 0 Å². The van der Waals surface area contributed by atoms with Crippen LogP contribution < -0.4 is 4.90 Å². The lowest BCUT2D eigenvalue weighted by molar-refractivity contribution is -0.218. The number of hydrogen-bond donors (Lipinski definition) is 0. The molecule has 0 saturated carbocycles. The third-order valence-electron chi connectivity index (χ3n) is 4.82. The van der Waals surface area contributed by atoms with Gasteiger partial charge in [-0.1, -0.05) is 18.2 Å². The second-order valence-corrected chi connectivity index (χ2v) is 7.29. The zero-order valence-electron chi connectivity index (χ0n) is 14.2. The van der Waals surface area contributed by atoms with E-state index >= 15 is 0 Å². The highest BCUT2D eigenvalue weighted by molar-refractivity contribution is 5.54. The molecule has 4 rings (SSSR count). The summed E-state index contributed by atoms with van der Waals surface area (Å²) in [7, 11) is 0. The second kappa shape index (κ2) is 5.45. The van der Waals surface area contributed by atoms with E-state index in [9.17, 15) is 0 Å². The summed E-state index contributed by atoms with van der Waals surface area (Å²) < 4.78 is 24.3. The average Bonchev–Trinajstić information content (AvgIpc) is 2.92. The number of hydrogen-bond acceptors (Lipinski definition) is 5. The number of ether oxygens (including phenoxy) is 4. The van der Waals surface area contributed by atoms with Crippen LogP contribution in [0.4, 0.5) is 5.69 Å². The van der Waals surface area contributed by atoms with Gasteiger partial charge < -0.3 is 23.8 Å². The molecule has 1 aromatic carbocycles. The van der Waals surface area contributed by atoms with Gasteiger partial charge in [0.2, 0.25) is 0 Å². The molecule has 0 spiro atoms. The molecular weight excluding hydrogens is 294 g/mol. The highest BCUT2D eigenvalue weighted by Crippen LogP contribution is 2.41. The van der Waals surface area contributed by atoms with Crippen molar-refractivity contribution in [2.45, 2.75) is 70.7 Å². The zero-order valence-corrected chi connectivity index (χ0v) is 14.2. The first kappa shape index (κ1) is 15.4. The summed E-state index contributed by atoms with van der Waals surface area (Å²) in [6, 6.07) is 8.81. The fourth-order valence-electron chi connectivity index (χ4n) is 3.78. The van der Waals surface area contributed by atoms with E-state index in [1.165, 1.54) is 11.3 Å². The molecule has 5 nitrogen and oxygen atoms in total. The Balaban J connectivity index is 1.64. The van der Waals surface area contributed by atoms with Crippen molar-refractivity contribution in [3.05, 3.63) is 29.8 Å². The highest BCUT2D eigenvalue weighted by atomic mass is 16.8. The van der Waals surface area contributed by atoms with Crippen molar-refractivity contribution in [3.8, 4) is 0 Å². The van der Waals surface area contributed by atoms with Crippen molar-refractivity contribution in [1.29, 1.82) is 0 Å². The fraction of sp³-hybridized carbons (Fsp3) is 0.667. The summed E-state index contributed by atoms with van der Waals surface area (Å²) >= 11 is 0. The standard InChI is InChI=1S/C18H25NO4/c1-11(2)19-9-14-15(16-17(21-14)23-18(3,4)22-16)20-10-12-7-5-6-8-13(12)19/h5-8,11,14-17H,9-10H2,1-4H3/t14-,15+,16-,17-/m1/s1. The molecule has 0 radical (unpaired) electrons. The lowest BCUT2D eigenvalue weighted by Gasteiger charge is -2.37. The van der Waals surface area contributed by atoms with Crippen LogP contribution in [0.15, 0.2) is 24.3 Å². The number of fused-ring (bicyclic) bond motifs is 4. The minimum Gasteiger partial charge on any atom is -0.368 e. The SMILES string of the molecule is CC(C)N1C[C@H]2O[C@@H]3OC(C)(C)O[C@@H]3[C@H]2OCc2ccccc21. The van der Waals surface area contributed by atoms with Gasteiger partial charge in [0, 0.05) is 23.8 Å². The summed E-state index contributed by atoms with van der Waals surface area (Å²) in [4.78, 5) is 2.39. The van der Waals surface area contributed by atoms with Crippen LogP contribution in [0.1, 0.15) is 33.3 Å². The van der Waals surface area contributed by atoms with Gasteiger partial charge in [0.05, 0.1) is 6.61 Å². The van der Waals surface area contributed by atoms with Gasteiger partial charge in [-0.25, -0.2) is 0 Å². The average molecular weight is 319 g/mol. The van der Waals surface area contributed by atoms with Crippen molar-refractivity contribution in [3.63, 3.8) is 0 Å². The van der Waals surface area contributed by atoms with Crippen LogP contribution in [-0.4, -0.2) is 43.0 Å². The predicted octanol–water partition coefficient (Wildman–Crippen LogP) is 2.68. The lowest BCUT2D eigenvalue weighted by atomic mass is 10.0. The number of benzene rings is 1. The number of rotatable bonds is 1. The highest BCUT2D eigenvalue weighted by Gasteiger charge is 2.56. The molecule has 4 atom stereocenters. The van der Waals surface area contributed by atoms with E-state index in [0.717, 1.165) is 6.54 Å². The summed E-state index contributed by atoms with van der Waals surface area (Å²) in [6.45, 7) is 9.60. The number of anilines is 1. The molecule has 0 bridgehead atoms. The van der Waals surface area contributed by atoms with Gasteiger partial charge in [-0.2, -0.15) is 0 Å². The number of nitrogens with zero attached hydrogens (tertiary/aromatic N) is 1. The van der Waals surface area contributed by atoms with Crippen molar-refractivity contribution >= 4 is 5.69 Å². The molecule has 3 aliphatic rings. The maximum absolute atomic E-state index is 6.21. The Bertz CT molecular complexity index is 588. The van der Waals surface area contributed by atoms with E-state index in [1.807, 2.05) is 13.8 Å². The van der Waals surface area contributed by atoms with Crippen LogP contribution >= 0.6 is 0 Å². The van der Waals surface area contributed by atoms with Gasteiger partial charge in [0.1, 0.15) is 18.3 Å². The van der Waals surface area contributed by atoms with Crippen molar-refractivity contribution < 1.29 is 18.9 Å². The molecule has 0 aromatic heterocycles. The first-order chi connectivity index (χ1) is 10.9. The van der Waals surface area contributed by atoms with Crippen LogP contribution in [0.5, 0.6) is 0 Å². The summed E-state index contributed by atoms with van der Waals surface area (Å²) in [6.07, 6.45) is -0.641. The van der Waals surface area contributed by atoms with E-state index in [1.54, 1.807) is 0 Å². The Morgan fingerprint density at radius 1 is 1.13 bits per heavy atom. The van der Waals surface area contributed by atoms with Gasteiger partial charge in [-0.3, -0.25) is 0 Å². The minimum atomic E-state index is -0.609. The summed E-state index contributed by atoms with van der Waals surface area (Å²) in [5.41, 5.74) is 2.44. The molecule has 3 aliphatic heterocycles. The van der Waals surface area contributed by atoms with Crippen molar-refractivity contribution in [2.75, 3.05) is 11.4 Å². The minimum absolute atomic E-state index is 0.0446. The Labute approximate surface area is 137 Å². The van der Waals surface area contributed by atoms with Gasteiger partial charge in [-0.15, -0.1) is 0 Å². The first-order valence-electron chi connectivity index (χ1n) is 8.42. The van der Waals surface area contributed by atoms with Crippen LogP contribution in [0.3, 0.4) is 0 Å². The third-order valence-corrected chi connectivity index (χ3v) is 4.82. The van der Waals surface area contributed by atoms with Crippen LogP contribution in [0.25, 0.3) is 0 Å². The topological polar surface area (TPSA) is 40.2 Å². The fourth-order valence-corrected chi connectivity index (χ4v) is 3.78. The quantitative estimate of drug-likeness (QED) is 0.796. The Morgan fingerprint density at radius 3 is 2.70 bits per heavy atom. The van der Waals surface area contributed by atoms with Crippen LogP contribution in [-0.2, 0) is 25.6 Å². The van der Waals surface area contributed by atoms with E-state index in [-0.39, 0.29) is 24.6 Å². The van der Waals surface area contributed by atoms with E-state index in [4.69, 9.17) is 18.9 Å². The molecule has 2 saturated heterocycles. The van der Waals surface area contributed by atoms with Gasteiger partial charge in [-0.05, 0) is 33.8 Å². The largest absolute Gasteiger partial charge is 0.368 e. The Kier molecular flexibility index (Phi) is 3.65. The lowest BCUT2D eigenvalue weighted by Crippen LogP contribution is -2.47. The van der Waals surface area contributed by atoms with E-state index in [0.29, 0.717) is 12.6 Å². The molecule has 23 heavy (non-hydrogen) atoms. The van der Waals surface area contributed by atoms with E-state index < -0.39 is 5.79 Å². The Morgan fingerprint density at radius 2 is 1.91 bits per heavy atom. The maximum Gasteiger partial charge on any atom is 0.190 e. The van der Waals surface area contributed by atoms with Crippen molar-refractivity contribution in [2.24, 2.45) is 0 Å². The normalized spacial score (nSPS) is 35.4. The molecule has 0 aliphatic carbocycles. The summed E-state index contributed by atoms with van der Waals surface area (Å²) in [5, 5.41) is 0. The maximum atomic E-state index is 6.21. The molecule has 0 N–H and O–H groups in total.